The predicted octanol–water partition coefficient (Wildman–Crippen LogP) is 1.95. The lowest BCUT2D eigenvalue weighted by molar-refractivity contribution is 0.308. The lowest BCUT2D eigenvalue weighted by atomic mass is 9.95. The van der Waals surface area contributed by atoms with Crippen LogP contribution < -0.4 is 10.1 Å². The molecule has 0 radical (unpaired) electrons. The molecule has 2 heterocycles. The number of methoxy groups -OCH3 is 1. The fraction of sp³-hybridized carbons (Fsp3) is 0.438. The second kappa shape index (κ2) is 5.38. The summed E-state index contributed by atoms with van der Waals surface area (Å²) >= 11 is 0. The lowest BCUT2D eigenvalue weighted by Crippen LogP contribution is -2.29. The summed E-state index contributed by atoms with van der Waals surface area (Å²) in [5.41, 5.74) is 4.96. The van der Waals surface area contributed by atoms with Crippen LogP contribution in [0, 0.1) is 0 Å². The molecule has 0 aliphatic carbocycles. The molecule has 0 fully saturated rings. The Morgan fingerprint density at radius 1 is 1.40 bits per heavy atom. The van der Waals surface area contributed by atoms with Crippen molar-refractivity contribution in [3.05, 3.63) is 35.0 Å². The molecule has 1 N–H and O–H groups in total. The van der Waals surface area contributed by atoms with Crippen molar-refractivity contribution in [3.63, 3.8) is 0 Å². The molecule has 4 nitrogen and oxygen atoms in total. The van der Waals surface area contributed by atoms with Gasteiger partial charge in [0.15, 0.2) is 0 Å². The summed E-state index contributed by atoms with van der Waals surface area (Å²) in [7, 11) is 5.87. The van der Waals surface area contributed by atoms with E-state index in [4.69, 9.17) is 9.72 Å². The highest BCUT2D eigenvalue weighted by Crippen LogP contribution is 2.32. The maximum Gasteiger partial charge on any atom is 0.145 e. The number of hydrogen-bond donors (Lipinski definition) is 1. The molecule has 1 aromatic heterocycles. The maximum atomic E-state index is 5.48. The summed E-state index contributed by atoms with van der Waals surface area (Å²) in [6.07, 6.45) is 1.01. The van der Waals surface area contributed by atoms with Crippen LogP contribution in [0.25, 0.3) is 10.9 Å². The van der Waals surface area contributed by atoms with Crippen molar-refractivity contribution >= 4 is 10.9 Å². The second-order valence-corrected chi connectivity index (χ2v) is 5.39. The Kier molecular flexibility index (Phi) is 3.59. The summed E-state index contributed by atoms with van der Waals surface area (Å²) in [6.45, 7) is 2.91. The molecule has 0 unspecified atom stereocenters. The van der Waals surface area contributed by atoms with Crippen LogP contribution in [0.2, 0.25) is 0 Å². The third-order valence-electron chi connectivity index (χ3n) is 4.02. The first-order valence-electron chi connectivity index (χ1n) is 7.05. The van der Waals surface area contributed by atoms with Crippen molar-refractivity contribution in [2.24, 2.45) is 0 Å². The molecule has 1 aromatic carbocycles. The Balaban J connectivity index is 2.29. The first kappa shape index (κ1) is 13.3. The van der Waals surface area contributed by atoms with Gasteiger partial charge in [-0.2, -0.15) is 0 Å². The number of pyridine rings is 1. The lowest BCUT2D eigenvalue weighted by Gasteiger charge is -2.27. The van der Waals surface area contributed by atoms with Crippen LogP contribution in [0.4, 0.5) is 0 Å². The normalized spacial score (nSPS) is 15.3. The number of nitrogens with one attached hydrogen (secondary N) is 1. The molecular formula is C16H21N3O. The van der Waals surface area contributed by atoms with Gasteiger partial charge in [0.1, 0.15) is 11.3 Å². The fourth-order valence-corrected chi connectivity index (χ4v) is 3.00. The molecule has 0 bridgehead atoms. The minimum absolute atomic E-state index is 0.863. The van der Waals surface area contributed by atoms with Crippen molar-refractivity contribution in [1.29, 1.82) is 0 Å². The fourth-order valence-electron chi connectivity index (χ4n) is 3.00. The number of hydrogen-bond acceptors (Lipinski definition) is 4. The highest BCUT2D eigenvalue weighted by Gasteiger charge is 2.21. The highest BCUT2D eigenvalue weighted by atomic mass is 16.5. The number of benzene rings is 1. The molecule has 0 saturated heterocycles. The summed E-state index contributed by atoms with van der Waals surface area (Å²) in [5.74, 6) is 0.863. The van der Waals surface area contributed by atoms with Crippen molar-refractivity contribution in [1.82, 2.24) is 15.2 Å². The number of rotatable bonds is 3. The van der Waals surface area contributed by atoms with Gasteiger partial charge in [0.05, 0.1) is 7.11 Å². The monoisotopic (exact) mass is 271 g/mol. The molecule has 3 rings (SSSR count). The first-order valence-corrected chi connectivity index (χ1v) is 7.05. The number of likely N-dealkylation sites (N-methyl/N-ethyl adjacent to an activating group) is 1. The van der Waals surface area contributed by atoms with Gasteiger partial charge in [0, 0.05) is 37.1 Å². The van der Waals surface area contributed by atoms with E-state index < -0.39 is 0 Å². The molecule has 20 heavy (non-hydrogen) atoms. The van der Waals surface area contributed by atoms with E-state index >= 15 is 0 Å². The van der Waals surface area contributed by atoms with Gasteiger partial charge in [-0.1, -0.05) is 12.1 Å². The molecule has 0 spiro atoms. The van der Waals surface area contributed by atoms with E-state index in [0.29, 0.717) is 0 Å². The minimum Gasteiger partial charge on any atom is -0.494 e. The van der Waals surface area contributed by atoms with Gasteiger partial charge in [-0.05, 0) is 31.3 Å². The van der Waals surface area contributed by atoms with E-state index in [1.807, 2.05) is 19.2 Å². The molecule has 0 saturated carbocycles. The Labute approximate surface area is 119 Å². The van der Waals surface area contributed by atoms with E-state index in [2.05, 4.69) is 23.3 Å². The van der Waals surface area contributed by atoms with E-state index in [-0.39, 0.29) is 0 Å². The van der Waals surface area contributed by atoms with Crippen LogP contribution in [0.3, 0.4) is 0 Å². The Morgan fingerprint density at radius 2 is 2.25 bits per heavy atom. The average Bonchev–Trinajstić information content (AvgIpc) is 2.47. The largest absolute Gasteiger partial charge is 0.494 e. The smallest absolute Gasteiger partial charge is 0.145 e. The molecular weight excluding hydrogens is 250 g/mol. The van der Waals surface area contributed by atoms with Crippen LogP contribution in [0.1, 0.15) is 16.8 Å². The van der Waals surface area contributed by atoms with E-state index in [1.54, 1.807) is 7.11 Å². The van der Waals surface area contributed by atoms with Gasteiger partial charge in [0.25, 0.3) is 0 Å². The third kappa shape index (κ3) is 2.15. The number of aromatic nitrogens is 1. The van der Waals surface area contributed by atoms with Gasteiger partial charge < -0.3 is 15.0 Å². The quantitative estimate of drug-likeness (QED) is 0.926. The summed E-state index contributed by atoms with van der Waals surface area (Å²) in [5, 5.41) is 4.49. The molecule has 0 amide bonds. The number of fused-ring (bicyclic) bond motifs is 2. The molecule has 1 aliphatic rings. The van der Waals surface area contributed by atoms with Crippen LogP contribution in [0.15, 0.2) is 18.2 Å². The van der Waals surface area contributed by atoms with Gasteiger partial charge in [0.2, 0.25) is 0 Å². The summed E-state index contributed by atoms with van der Waals surface area (Å²) in [4.78, 5) is 7.24. The summed E-state index contributed by atoms with van der Waals surface area (Å²) < 4.78 is 5.48. The van der Waals surface area contributed by atoms with Crippen molar-refractivity contribution < 1.29 is 4.74 Å². The second-order valence-electron chi connectivity index (χ2n) is 5.39. The van der Waals surface area contributed by atoms with Crippen molar-refractivity contribution in [2.75, 3.05) is 27.7 Å². The zero-order valence-electron chi connectivity index (χ0n) is 12.4. The predicted molar refractivity (Wildman–Crippen MR) is 81.1 cm³/mol. The number of para-hydroxylation sites is 1. The van der Waals surface area contributed by atoms with Crippen LogP contribution in [-0.4, -0.2) is 37.6 Å². The minimum atomic E-state index is 0.863. The van der Waals surface area contributed by atoms with Crippen molar-refractivity contribution in [2.45, 2.75) is 19.5 Å². The maximum absolute atomic E-state index is 5.48. The molecule has 106 valence electrons. The number of nitrogens with zero attached hydrogens (tertiary/aromatic N) is 2. The topological polar surface area (TPSA) is 37.4 Å². The molecule has 4 heteroatoms. The summed E-state index contributed by atoms with van der Waals surface area (Å²) in [6, 6.07) is 6.17. The first-order chi connectivity index (χ1) is 9.74. The van der Waals surface area contributed by atoms with Crippen LogP contribution >= 0.6 is 0 Å². The highest BCUT2D eigenvalue weighted by molar-refractivity contribution is 5.88. The standard InChI is InChI=1S/C16H21N3O/c1-17-9-12-11-5-4-6-15(20-3)16(11)18-14-7-8-19(2)10-13(12)14/h4-6,17H,7-10H2,1-3H3. The van der Waals surface area contributed by atoms with Gasteiger partial charge in [-0.15, -0.1) is 0 Å². The van der Waals surface area contributed by atoms with Crippen molar-refractivity contribution in [3.8, 4) is 5.75 Å². The van der Waals surface area contributed by atoms with E-state index in [0.717, 1.165) is 37.3 Å². The van der Waals surface area contributed by atoms with Gasteiger partial charge in [-0.3, -0.25) is 0 Å². The Bertz CT molecular complexity index is 639. The van der Waals surface area contributed by atoms with Crippen LogP contribution in [0.5, 0.6) is 5.75 Å². The van der Waals surface area contributed by atoms with Crippen LogP contribution in [-0.2, 0) is 19.5 Å². The van der Waals surface area contributed by atoms with Gasteiger partial charge >= 0.3 is 0 Å². The Hall–Kier alpha value is -1.65. The molecule has 0 atom stereocenters. The third-order valence-corrected chi connectivity index (χ3v) is 4.02. The average molecular weight is 271 g/mol. The zero-order chi connectivity index (χ0) is 14.1. The zero-order valence-corrected chi connectivity index (χ0v) is 12.4. The Morgan fingerprint density at radius 3 is 3.00 bits per heavy atom. The molecule has 2 aromatic rings. The van der Waals surface area contributed by atoms with E-state index in [9.17, 15) is 0 Å². The van der Waals surface area contributed by atoms with E-state index in [1.165, 1.54) is 22.2 Å². The van der Waals surface area contributed by atoms with Gasteiger partial charge in [-0.25, -0.2) is 4.98 Å². The molecule has 1 aliphatic heterocycles. The number of ether oxygens (including phenoxy) is 1. The SMILES string of the molecule is CNCc1c2c(nc3c(OC)cccc13)CCN(C)C2.